The molecule has 0 fully saturated rings. The molecule has 0 saturated carbocycles. The van der Waals surface area contributed by atoms with Gasteiger partial charge in [0.05, 0.1) is 0 Å². The Morgan fingerprint density at radius 1 is 1.10 bits per heavy atom. The standard InChI is InChI=1S/C16H15FN2OS/c1-2-19(14-9-7-13(17)8-10-14)16(20)12-5-3-11(4-6-12)15(18)21/h3-10H,2H2,1H3,(H2,18,21). The van der Waals surface area contributed by atoms with E-state index in [1.165, 1.54) is 12.1 Å². The van der Waals surface area contributed by atoms with Crippen LogP contribution in [0.4, 0.5) is 10.1 Å². The molecule has 21 heavy (non-hydrogen) atoms. The molecule has 0 aliphatic rings. The summed E-state index contributed by atoms with van der Waals surface area (Å²) in [6.07, 6.45) is 0. The number of thiocarbonyl (C=S) groups is 1. The molecule has 0 aliphatic heterocycles. The molecular weight excluding hydrogens is 287 g/mol. The molecule has 0 spiro atoms. The minimum Gasteiger partial charge on any atom is -0.389 e. The number of nitrogens with two attached hydrogens (primary N) is 1. The molecule has 0 heterocycles. The van der Waals surface area contributed by atoms with Gasteiger partial charge < -0.3 is 10.6 Å². The van der Waals surface area contributed by atoms with Crippen LogP contribution < -0.4 is 10.6 Å². The third kappa shape index (κ3) is 3.44. The highest BCUT2D eigenvalue weighted by Crippen LogP contribution is 2.18. The quantitative estimate of drug-likeness (QED) is 0.883. The van der Waals surface area contributed by atoms with Gasteiger partial charge in [-0.3, -0.25) is 4.79 Å². The number of amides is 1. The van der Waals surface area contributed by atoms with Crippen molar-refractivity contribution in [1.82, 2.24) is 0 Å². The Labute approximate surface area is 128 Å². The van der Waals surface area contributed by atoms with Crippen molar-refractivity contribution >= 4 is 28.8 Å². The molecule has 108 valence electrons. The monoisotopic (exact) mass is 302 g/mol. The van der Waals surface area contributed by atoms with E-state index in [1.807, 2.05) is 6.92 Å². The molecule has 2 aromatic carbocycles. The first-order chi connectivity index (χ1) is 10.0. The normalized spacial score (nSPS) is 10.2. The summed E-state index contributed by atoms with van der Waals surface area (Å²) in [4.78, 5) is 14.4. The molecule has 0 unspecified atom stereocenters. The van der Waals surface area contributed by atoms with Crippen molar-refractivity contribution in [1.29, 1.82) is 0 Å². The van der Waals surface area contributed by atoms with Gasteiger partial charge in [0.25, 0.3) is 5.91 Å². The van der Waals surface area contributed by atoms with Crippen LogP contribution in [0.3, 0.4) is 0 Å². The summed E-state index contributed by atoms with van der Waals surface area (Å²) in [5, 5.41) is 0. The Balaban J connectivity index is 2.27. The first-order valence-electron chi connectivity index (χ1n) is 6.50. The lowest BCUT2D eigenvalue weighted by Gasteiger charge is -2.21. The zero-order valence-corrected chi connectivity index (χ0v) is 12.4. The second-order valence-electron chi connectivity index (χ2n) is 4.47. The molecule has 2 rings (SSSR count). The minimum atomic E-state index is -0.330. The number of hydrogen-bond acceptors (Lipinski definition) is 2. The van der Waals surface area contributed by atoms with E-state index in [0.29, 0.717) is 28.3 Å². The van der Waals surface area contributed by atoms with Crippen LogP contribution >= 0.6 is 12.2 Å². The van der Waals surface area contributed by atoms with Gasteiger partial charge in [0.15, 0.2) is 0 Å². The van der Waals surface area contributed by atoms with Crippen molar-refractivity contribution in [3.63, 3.8) is 0 Å². The van der Waals surface area contributed by atoms with E-state index in [4.69, 9.17) is 18.0 Å². The van der Waals surface area contributed by atoms with Crippen molar-refractivity contribution < 1.29 is 9.18 Å². The maximum Gasteiger partial charge on any atom is 0.258 e. The molecule has 0 atom stereocenters. The summed E-state index contributed by atoms with van der Waals surface area (Å²) in [5.74, 6) is -0.485. The maximum atomic E-state index is 13.0. The molecule has 0 aliphatic carbocycles. The van der Waals surface area contributed by atoms with E-state index < -0.39 is 0 Å². The lowest BCUT2D eigenvalue weighted by atomic mass is 10.1. The minimum absolute atomic E-state index is 0.154. The molecule has 2 aromatic rings. The third-order valence-electron chi connectivity index (χ3n) is 3.12. The van der Waals surface area contributed by atoms with Crippen molar-refractivity contribution in [3.05, 3.63) is 65.5 Å². The summed E-state index contributed by atoms with van der Waals surface area (Å²) >= 11 is 4.88. The zero-order chi connectivity index (χ0) is 15.4. The number of rotatable bonds is 4. The van der Waals surface area contributed by atoms with Gasteiger partial charge in [0, 0.05) is 23.4 Å². The molecule has 0 radical (unpaired) electrons. The van der Waals surface area contributed by atoms with Crippen molar-refractivity contribution in [2.24, 2.45) is 5.73 Å². The fraction of sp³-hybridized carbons (Fsp3) is 0.125. The van der Waals surface area contributed by atoms with Crippen LogP contribution in [0.5, 0.6) is 0 Å². The fourth-order valence-electron chi connectivity index (χ4n) is 2.00. The van der Waals surface area contributed by atoms with E-state index in [9.17, 15) is 9.18 Å². The highest BCUT2D eigenvalue weighted by atomic mass is 32.1. The van der Waals surface area contributed by atoms with Crippen LogP contribution in [0.25, 0.3) is 0 Å². The van der Waals surface area contributed by atoms with Gasteiger partial charge in [-0.25, -0.2) is 4.39 Å². The average molecular weight is 302 g/mol. The summed E-state index contributed by atoms with van der Waals surface area (Å²) in [7, 11) is 0. The Bertz CT molecular complexity index is 653. The van der Waals surface area contributed by atoms with Crippen LogP contribution in [0.1, 0.15) is 22.8 Å². The van der Waals surface area contributed by atoms with Crippen LogP contribution in [0.15, 0.2) is 48.5 Å². The van der Waals surface area contributed by atoms with E-state index in [1.54, 1.807) is 41.3 Å². The topological polar surface area (TPSA) is 46.3 Å². The van der Waals surface area contributed by atoms with Crippen molar-refractivity contribution in [2.45, 2.75) is 6.92 Å². The van der Waals surface area contributed by atoms with E-state index in [0.717, 1.165) is 0 Å². The number of hydrogen-bond donors (Lipinski definition) is 1. The van der Waals surface area contributed by atoms with Gasteiger partial charge >= 0.3 is 0 Å². The summed E-state index contributed by atoms with van der Waals surface area (Å²) < 4.78 is 13.0. The Hall–Kier alpha value is -2.27. The van der Waals surface area contributed by atoms with Crippen LogP contribution in [-0.4, -0.2) is 17.4 Å². The van der Waals surface area contributed by atoms with Gasteiger partial charge in [-0.05, 0) is 43.3 Å². The number of carbonyl (C=O) groups excluding carboxylic acids is 1. The maximum absolute atomic E-state index is 13.0. The van der Waals surface area contributed by atoms with Crippen molar-refractivity contribution in [2.75, 3.05) is 11.4 Å². The van der Waals surface area contributed by atoms with Gasteiger partial charge in [0.2, 0.25) is 0 Å². The average Bonchev–Trinajstić information content (AvgIpc) is 2.50. The predicted octanol–water partition coefficient (Wildman–Crippen LogP) is 3.13. The lowest BCUT2D eigenvalue weighted by Crippen LogP contribution is -2.30. The van der Waals surface area contributed by atoms with E-state index in [-0.39, 0.29) is 11.7 Å². The third-order valence-corrected chi connectivity index (χ3v) is 3.35. The summed E-state index contributed by atoms with van der Waals surface area (Å²) in [6, 6.07) is 12.6. The molecule has 2 N–H and O–H groups in total. The summed E-state index contributed by atoms with van der Waals surface area (Å²) in [6.45, 7) is 2.35. The second kappa shape index (κ2) is 6.45. The SMILES string of the molecule is CCN(C(=O)c1ccc(C(N)=S)cc1)c1ccc(F)cc1. The number of benzene rings is 2. The van der Waals surface area contributed by atoms with E-state index in [2.05, 4.69) is 0 Å². The van der Waals surface area contributed by atoms with Gasteiger partial charge in [-0.15, -0.1) is 0 Å². The smallest absolute Gasteiger partial charge is 0.258 e. The predicted molar refractivity (Wildman–Crippen MR) is 86.1 cm³/mol. The molecule has 0 aromatic heterocycles. The second-order valence-corrected chi connectivity index (χ2v) is 4.91. The fourth-order valence-corrected chi connectivity index (χ4v) is 2.13. The molecule has 0 saturated heterocycles. The number of nitrogens with zero attached hydrogens (tertiary/aromatic N) is 1. The highest BCUT2D eigenvalue weighted by Gasteiger charge is 2.16. The highest BCUT2D eigenvalue weighted by molar-refractivity contribution is 7.80. The molecular formula is C16H15FN2OS. The van der Waals surface area contributed by atoms with Crippen LogP contribution in [0.2, 0.25) is 0 Å². The number of anilines is 1. The van der Waals surface area contributed by atoms with Gasteiger partial charge in [-0.1, -0.05) is 24.4 Å². The number of carbonyl (C=O) groups is 1. The first kappa shape index (κ1) is 15.1. The van der Waals surface area contributed by atoms with Gasteiger partial charge in [0.1, 0.15) is 10.8 Å². The molecule has 1 amide bonds. The summed E-state index contributed by atoms with van der Waals surface area (Å²) in [5.41, 5.74) is 7.43. The molecule has 3 nitrogen and oxygen atoms in total. The van der Waals surface area contributed by atoms with Crippen LogP contribution in [0, 0.1) is 5.82 Å². The molecule has 0 bridgehead atoms. The Morgan fingerprint density at radius 2 is 1.62 bits per heavy atom. The lowest BCUT2D eigenvalue weighted by molar-refractivity contribution is 0.0988. The molecule has 5 heteroatoms. The Morgan fingerprint density at radius 3 is 2.10 bits per heavy atom. The van der Waals surface area contributed by atoms with Crippen LogP contribution in [-0.2, 0) is 0 Å². The van der Waals surface area contributed by atoms with E-state index >= 15 is 0 Å². The zero-order valence-electron chi connectivity index (χ0n) is 11.5. The largest absolute Gasteiger partial charge is 0.389 e. The van der Waals surface area contributed by atoms with Crippen molar-refractivity contribution in [3.8, 4) is 0 Å². The Kier molecular flexibility index (Phi) is 4.65. The van der Waals surface area contributed by atoms with Gasteiger partial charge in [-0.2, -0.15) is 0 Å². The number of halogens is 1. The first-order valence-corrected chi connectivity index (χ1v) is 6.91.